The summed E-state index contributed by atoms with van der Waals surface area (Å²) >= 11 is 0. The number of hydrogen-bond acceptors (Lipinski definition) is 4. The van der Waals surface area contributed by atoms with Gasteiger partial charge in [0.05, 0.1) is 4.92 Å². The second-order valence-electron chi connectivity index (χ2n) is 4.90. The van der Waals surface area contributed by atoms with Gasteiger partial charge in [-0.15, -0.1) is 0 Å². The molecule has 2 unspecified atom stereocenters. The summed E-state index contributed by atoms with van der Waals surface area (Å²) in [6, 6.07) is 5.41. The Hall–Kier alpha value is -1.62. The van der Waals surface area contributed by atoms with Crippen molar-refractivity contribution in [2.75, 3.05) is 11.9 Å². The van der Waals surface area contributed by atoms with Crippen LogP contribution in [0.15, 0.2) is 18.2 Å². The van der Waals surface area contributed by atoms with Crippen LogP contribution >= 0.6 is 0 Å². The van der Waals surface area contributed by atoms with E-state index in [1.165, 1.54) is 0 Å². The number of anilines is 1. The van der Waals surface area contributed by atoms with E-state index >= 15 is 0 Å². The minimum absolute atomic E-state index is 0.151. The summed E-state index contributed by atoms with van der Waals surface area (Å²) < 4.78 is 0. The molecule has 98 valence electrons. The van der Waals surface area contributed by atoms with Gasteiger partial charge in [0.25, 0.3) is 5.69 Å². The molecule has 0 radical (unpaired) electrons. The highest BCUT2D eigenvalue weighted by Crippen LogP contribution is 2.33. The molecule has 0 heterocycles. The zero-order chi connectivity index (χ0) is 13.1. The molecule has 3 N–H and O–H groups in total. The molecule has 0 spiro atoms. The number of nitro groups is 1. The number of rotatable bonds is 4. The van der Waals surface area contributed by atoms with E-state index in [2.05, 4.69) is 5.32 Å². The first-order valence-corrected chi connectivity index (χ1v) is 6.34. The molecule has 0 bridgehead atoms. The molecule has 18 heavy (non-hydrogen) atoms. The van der Waals surface area contributed by atoms with Crippen molar-refractivity contribution in [1.29, 1.82) is 0 Å². The Morgan fingerprint density at radius 3 is 2.94 bits per heavy atom. The van der Waals surface area contributed by atoms with Gasteiger partial charge in [-0.05, 0) is 37.8 Å². The molecule has 5 heteroatoms. The standard InChI is InChI=1S/C13H19N3O2/c1-9-4-2-7-12(16(17)18)13(9)15-11-6-3-5-10(11)8-14/h2,4,7,10-11,15H,3,5-6,8,14H2,1H3. The highest BCUT2D eigenvalue weighted by Gasteiger charge is 2.28. The second-order valence-corrected chi connectivity index (χ2v) is 4.90. The van der Waals surface area contributed by atoms with Crippen LogP contribution in [-0.4, -0.2) is 17.5 Å². The van der Waals surface area contributed by atoms with Gasteiger partial charge in [-0.25, -0.2) is 0 Å². The number of nitrogens with zero attached hydrogens (tertiary/aromatic N) is 1. The van der Waals surface area contributed by atoms with Crippen molar-refractivity contribution < 1.29 is 4.92 Å². The van der Waals surface area contributed by atoms with Gasteiger partial charge in [-0.2, -0.15) is 0 Å². The fourth-order valence-electron chi connectivity index (χ4n) is 2.69. The predicted octanol–water partition coefficient (Wildman–Crippen LogP) is 2.44. The molecule has 0 saturated heterocycles. The lowest BCUT2D eigenvalue weighted by Crippen LogP contribution is -2.30. The lowest BCUT2D eigenvalue weighted by atomic mass is 10.0. The quantitative estimate of drug-likeness (QED) is 0.634. The molecule has 0 aliphatic heterocycles. The molecule has 1 aliphatic rings. The molecule has 2 rings (SSSR count). The van der Waals surface area contributed by atoms with Crippen molar-refractivity contribution >= 4 is 11.4 Å². The molecular weight excluding hydrogens is 230 g/mol. The van der Waals surface area contributed by atoms with Crippen LogP contribution in [0.4, 0.5) is 11.4 Å². The van der Waals surface area contributed by atoms with Crippen LogP contribution in [-0.2, 0) is 0 Å². The smallest absolute Gasteiger partial charge is 0.292 e. The summed E-state index contributed by atoms with van der Waals surface area (Å²) in [6.07, 6.45) is 3.28. The van der Waals surface area contributed by atoms with E-state index in [0.717, 1.165) is 24.8 Å². The molecule has 1 aromatic rings. The van der Waals surface area contributed by atoms with E-state index in [1.807, 2.05) is 13.0 Å². The van der Waals surface area contributed by atoms with Crippen molar-refractivity contribution in [3.8, 4) is 0 Å². The van der Waals surface area contributed by atoms with E-state index in [4.69, 9.17) is 5.73 Å². The molecule has 0 aromatic heterocycles. The summed E-state index contributed by atoms with van der Waals surface area (Å²) in [5, 5.41) is 14.4. The highest BCUT2D eigenvalue weighted by molar-refractivity contribution is 5.66. The average molecular weight is 249 g/mol. The summed E-state index contributed by atoms with van der Waals surface area (Å²) in [7, 11) is 0. The normalized spacial score (nSPS) is 23.0. The maximum Gasteiger partial charge on any atom is 0.292 e. The molecule has 1 aromatic carbocycles. The van der Waals surface area contributed by atoms with Crippen molar-refractivity contribution in [2.45, 2.75) is 32.2 Å². The molecular formula is C13H19N3O2. The van der Waals surface area contributed by atoms with Crippen molar-refractivity contribution in [2.24, 2.45) is 11.7 Å². The number of aryl methyl sites for hydroxylation is 1. The van der Waals surface area contributed by atoms with E-state index in [0.29, 0.717) is 18.2 Å². The van der Waals surface area contributed by atoms with Crippen LogP contribution < -0.4 is 11.1 Å². The van der Waals surface area contributed by atoms with E-state index in [9.17, 15) is 10.1 Å². The predicted molar refractivity (Wildman–Crippen MR) is 71.6 cm³/mol. The maximum absolute atomic E-state index is 11.0. The van der Waals surface area contributed by atoms with Crippen molar-refractivity contribution in [3.05, 3.63) is 33.9 Å². The van der Waals surface area contributed by atoms with Gasteiger partial charge < -0.3 is 11.1 Å². The van der Waals surface area contributed by atoms with Crippen LogP contribution in [0.1, 0.15) is 24.8 Å². The second kappa shape index (κ2) is 5.35. The largest absolute Gasteiger partial charge is 0.376 e. The van der Waals surface area contributed by atoms with E-state index in [1.54, 1.807) is 12.1 Å². The van der Waals surface area contributed by atoms with Gasteiger partial charge in [0, 0.05) is 12.1 Å². The maximum atomic E-state index is 11.0. The third-order valence-electron chi connectivity index (χ3n) is 3.74. The van der Waals surface area contributed by atoms with Gasteiger partial charge in [-0.1, -0.05) is 18.6 Å². The number of benzene rings is 1. The fourth-order valence-corrected chi connectivity index (χ4v) is 2.69. The molecule has 5 nitrogen and oxygen atoms in total. The third kappa shape index (κ3) is 2.46. The van der Waals surface area contributed by atoms with Gasteiger partial charge >= 0.3 is 0 Å². The Balaban J connectivity index is 2.25. The lowest BCUT2D eigenvalue weighted by Gasteiger charge is -2.21. The summed E-state index contributed by atoms with van der Waals surface area (Å²) in [6.45, 7) is 2.53. The Labute approximate surface area is 107 Å². The molecule has 2 atom stereocenters. The van der Waals surface area contributed by atoms with Crippen molar-refractivity contribution in [1.82, 2.24) is 0 Å². The zero-order valence-corrected chi connectivity index (χ0v) is 10.6. The summed E-state index contributed by atoms with van der Waals surface area (Å²) in [5.74, 6) is 0.421. The Morgan fingerprint density at radius 1 is 1.50 bits per heavy atom. The number of nitro benzene ring substituents is 1. The van der Waals surface area contributed by atoms with E-state index < -0.39 is 0 Å². The van der Waals surface area contributed by atoms with Gasteiger partial charge in [0.1, 0.15) is 5.69 Å². The third-order valence-corrected chi connectivity index (χ3v) is 3.74. The monoisotopic (exact) mass is 249 g/mol. The van der Waals surface area contributed by atoms with Crippen LogP contribution in [0.2, 0.25) is 0 Å². The first-order valence-electron chi connectivity index (χ1n) is 6.34. The minimum Gasteiger partial charge on any atom is -0.376 e. The molecule has 1 fully saturated rings. The highest BCUT2D eigenvalue weighted by atomic mass is 16.6. The molecule has 0 amide bonds. The zero-order valence-electron chi connectivity index (χ0n) is 10.6. The van der Waals surface area contributed by atoms with E-state index in [-0.39, 0.29) is 16.7 Å². The minimum atomic E-state index is -0.332. The molecule has 1 saturated carbocycles. The Kier molecular flexibility index (Phi) is 3.81. The fraction of sp³-hybridized carbons (Fsp3) is 0.538. The first-order chi connectivity index (χ1) is 8.63. The Morgan fingerprint density at radius 2 is 2.28 bits per heavy atom. The average Bonchev–Trinajstić information content (AvgIpc) is 2.78. The lowest BCUT2D eigenvalue weighted by molar-refractivity contribution is -0.384. The SMILES string of the molecule is Cc1cccc([N+](=O)[O-])c1NC1CCCC1CN. The van der Waals surface area contributed by atoms with Gasteiger partial charge in [0.15, 0.2) is 0 Å². The topological polar surface area (TPSA) is 81.2 Å². The molecule has 1 aliphatic carbocycles. The van der Waals surface area contributed by atoms with Gasteiger partial charge in [-0.3, -0.25) is 10.1 Å². The summed E-state index contributed by atoms with van der Waals surface area (Å²) in [4.78, 5) is 10.7. The van der Waals surface area contributed by atoms with Crippen molar-refractivity contribution in [3.63, 3.8) is 0 Å². The summed E-state index contributed by atoms with van der Waals surface area (Å²) in [5.41, 5.74) is 7.45. The van der Waals surface area contributed by atoms with Crippen LogP contribution in [0.25, 0.3) is 0 Å². The first kappa shape index (κ1) is 12.8. The van der Waals surface area contributed by atoms with Crippen LogP contribution in [0.3, 0.4) is 0 Å². The number of nitrogens with two attached hydrogens (primary N) is 1. The van der Waals surface area contributed by atoms with Crippen LogP contribution in [0.5, 0.6) is 0 Å². The number of nitrogens with one attached hydrogen (secondary N) is 1. The number of hydrogen-bond donors (Lipinski definition) is 2. The van der Waals surface area contributed by atoms with Crippen LogP contribution in [0, 0.1) is 23.0 Å². The van der Waals surface area contributed by atoms with Gasteiger partial charge in [0.2, 0.25) is 0 Å². The number of para-hydroxylation sites is 1. The Bertz CT molecular complexity index is 448.